The van der Waals surface area contributed by atoms with Crippen LogP contribution in [-0.4, -0.2) is 14.5 Å². The number of hydrogen-bond acceptors (Lipinski definition) is 3. The molecule has 1 atom stereocenters. The maximum atomic E-state index is 11.8. The van der Waals surface area contributed by atoms with Crippen LogP contribution in [0, 0.1) is 6.92 Å². The Hall–Kier alpha value is -0.870. The molecule has 1 aromatic rings. The van der Waals surface area contributed by atoms with E-state index in [1.54, 1.807) is 38.1 Å². The number of hydrogen-bond donors (Lipinski definition) is 0. The fourth-order valence-corrected chi connectivity index (χ4v) is 2.55. The molecule has 4 heteroatoms. The zero-order valence-corrected chi connectivity index (χ0v) is 10.0. The molecule has 0 N–H and O–H groups in total. The van der Waals surface area contributed by atoms with Gasteiger partial charge in [-0.3, -0.25) is 4.18 Å². The van der Waals surface area contributed by atoms with Crippen LogP contribution >= 0.6 is 0 Å². The molecule has 3 nitrogen and oxygen atoms in total. The van der Waals surface area contributed by atoms with E-state index < -0.39 is 10.1 Å². The summed E-state index contributed by atoms with van der Waals surface area (Å²) in [6.07, 6.45) is 0.389. The van der Waals surface area contributed by atoms with Gasteiger partial charge in [0.25, 0.3) is 10.1 Å². The molecule has 1 aromatic carbocycles. The molecular weight excluding hydrogens is 212 g/mol. The van der Waals surface area contributed by atoms with Crippen molar-refractivity contribution in [2.24, 2.45) is 0 Å². The van der Waals surface area contributed by atoms with Crippen LogP contribution in [0.2, 0.25) is 0 Å². The summed E-state index contributed by atoms with van der Waals surface area (Å²) in [6, 6.07) is 6.82. The largest absolute Gasteiger partial charge is 0.297 e. The monoisotopic (exact) mass is 228 g/mol. The lowest BCUT2D eigenvalue weighted by atomic mass is 10.2. The number of rotatable bonds is 4. The van der Waals surface area contributed by atoms with Gasteiger partial charge in [0.2, 0.25) is 0 Å². The molecule has 15 heavy (non-hydrogen) atoms. The Bertz CT molecular complexity index is 423. The van der Waals surface area contributed by atoms with E-state index in [0.29, 0.717) is 12.0 Å². The van der Waals surface area contributed by atoms with Gasteiger partial charge in [0.15, 0.2) is 0 Å². The van der Waals surface area contributed by atoms with Crippen LogP contribution in [-0.2, 0) is 14.3 Å². The Morgan fingerprint density at radius 2 is 1.93 bits per heavy atom. The standard InChI is InChI=1S/C11H16O3S/c1-4-10(3)14-15(12,13)11-8-6-5-7-9(11)2/h5-8,10H,4H2,1-3H3. The Kier molecular flexibility index (Phi) is 3.88. The minimum absolute atomic E-state index is 0.255. The van der Waals surface area contributed by atoms with Crippen LogP contribution in [0.1, 0.15) is 25.8 Å². The highest BCUT2D eigenvalue weighted by Gasteiger charge is 2.19. The first-order chi connectivity index (χ1) is 6.97. The average molecular weight is 228 g/mol. The first-order valence-electron chi connectivity index (χ1n) is 4.96. The quantitative estimate of drug-likeness (QED) is 0.744. The molecule has 0 radical (unpaired) electrons. The van der Waals surface area contributed by atoms with E-state index in [9.17, 15) is 8.42 Å². The topological polar surface area (TPSA) is 43.4 Å². The first kappa shape index (κ1) is 12.2. The van der Waals surface area contributed by atoms with Crippen LogP contribution in [0.3, 0.4) is 0 Å². The van der Waals surface area contributed by atoms with Crippen LogP contribution in [0.15, 0.2) is 29.2 Å². The molecule has 0 amide bonds. The molecule has 1 rings (SSSR count). The lowest BCUT2D eigenvalue weighted by Crippen LogP contribution is -2.15. The second-order valence-electron chi connectivity index (χ2n) is 3.53. The van der Waals surface area contributed by atoms with E-state index in [1.807, 2.05) is 6.92 Å². The molecule has 0 aromatic heterocycles. The normalized spacial score (nSPS) is 13.8. The summed E-state index contributed by atoms with van der Waals surface area (Å²) in [5, 5.41) is 0. The van der Waals surface area contributed by atoms with Gasteiger partial charge in [-0.25, -0.2) is 0 Å². The molecule has 0 aliphatic carbocycles. The highest BCUT2D eigenvalue weighted by molar-refractivity contribution is 7.86. The van der Waals surface area contributed by atoms with Gasteiger partial charge in [-0.15, -0.1) is 0 Å². The summed E-state index contributed by atoms with van der Waals surface area (Å²) >= 11 is 0. The van der Waals surface area contributed by atoms with E-state index in [0.717, 1.165) is 0 Å². The summed E-state index contributed by atoms with van der Waals surface area (Å²) in [5.74, 6) is 0. The van der Waals surface area contributed by atoms with E-state index in [2.05, 4.69) is 0 Å². The van der Waals surface area contributed by atoms with Crippen molar-refractivity contribution < 1.29 is 12.6 Å². The summed E-state index contributed by atoms with van der Waals surface area (Å²) in [6.45, 7) is 5.39. The minimum atomic E-state index is -3.60. The van der Waals surface area contributed by atoms with Crippen LogP contribution < -0.4 is 0 Å². The van der Waals surface area contributed by atoms with Crippen molar-refractivity contribution in [3.05, 3.63) is 29.8 Å². The summed E-state index contributed by atoms with van der Waals surface area (Å²) < 4.78 is 28.6. The SMILES string of the molecule is CCC(C)OS(=O)(=O)c1ccccc1C. The van der Waals surface area contributed by atoms with Gasteiger partial charge >= 0.3 is 0 Å². The lowest BCUT2D eigenvalue weighted by molar-refractivity contribution is 0.224. The molecule has 0 aliphatic rings. The molecule has 0 spiro atoms. The van der Waals surface area contributed by atoms with Crippen molar-refractivity contribution in [2.75, 3.05) is 0 Å². The van der Waals surface area contributed by atoms with E-state index in [-0.39, 0.29) is 11.0 Å². The van der Waals surface area contributed by atoms with Crippen LogP contribution in [0.5, 0.6) is 0 Å². The zero-order chi connectivity index (χ0) is 11.5. The van der Waals surface area contributed by atoms with Gasteiger partial charge in [0.1, 0.15) is 0 Å². The van der Waals surface area contributed by atoms with Gasteiger partial charge in [-0.05, 0) is 31.9 Å². The van der Waals surface area contributed by atoms with Gasteiger partial charge in [0, 0.05) is 0 Å². The van der Waals surface area contributed by atoms with E-state index in [4.69, 9.17) is 4.18 Å². The minimum Gasteiger partial charge on any atom is -0.263 e. The highest BCUT2D eigenvalue weighted by atomic mass is 32.2. The smallest absolute Gasteiger partial charge is 0.263 e. The average Bonchev–Trinajstić information content (AvgIpc) is 2.17. The Labute approximate surface area is 91.2 Å². The van der Waals surface area contributed by atoms with Gasteiger partial charge in [-0.1, -0.05) is 25.1 Å². The van der Waals surface area contributed by atoms with Gasteiger partial charge < -0.3 is 0 Å². The Morgan fingerprint density at radius 3 is 2.47 bits per heavy atom. The molecule has 0 saturated carbocycles. The molecule has 0 saturated heterocycles. The van der Waals surface area contributed by atoms with E-state index in [1.165, 1.54) is 0 Å². The van der Waals surface area contributed by atoms with Gasteiger partial charge in [-0.2, -0.15) is 8.42 Å². The molecule has 0 aliphatic heterocycles. The fourth-order valence-electron chi connectivity index (χ4n) is 1.17. The molecule has 0 bridgehead atoms. The van der Waals surface area contributed by atoms with Gasteiger partial charge in [0.05, 0.1) is 11.0 Å². The van der Waals surface area contributed by atoms with Crippen molar-refractivity contribution in [3.8, 4) is 0 Å². The van der Waals surface area contributed by atoms with Crippen molar-refractivity contribution in [1.82, 2.24) is 0 Å². The molecule has 84 valence electrons. The highest BCUT2D eigenvalue weighted by Crippen LogP contribution is 2.18. The lowest BCUT2D eigenvalue weighted by Gasteiger charge is -2.12. The van der Waals surface area contributed by atoms with Crippen molar-refractivity contribution in [2.45, 2.75) is 38.2 Å². The van der Waals surface area contributed by atoms with Crippen molar-refractivity contribution >= 4 is 10.1 Å². The first-order valence-corrected chi connectivity index (χ1v) is 6.37. The third-order valence-electron chi connectivity index (χ3n) is 2.23. The molecular formula is C11H16O3S. The molecule has 1 unspecified atom stereocenters. The predicted octanol–water partition coefficient (Wildman–Crippen LogP) is 2.50. The maximum absolute atomic E-state index is 11.8. The third kappa shape index (κ3) is 3.04. The predicted molar refractivity (Wildman–Crippen MR) is 59.2 cm³/mol. The number of aryl methyl sites for hydroxylation is 1. The van der Waals surface area contributed by atoms with Crippen molar-refractivity contribution in [3.63, 3.8) is 0 Å². The Morgan fingerprint density at radius 1 is 1.33 bits per heavy atom. The second kappa shape index (κ2) is 4.77. The third-order valence-corrected chi connectivity index (χ3v) is 3.81. The fraction of sp³-hybridized carbons (Fsp3) is 0.455. The van der Waals surface area contributed by atoms with E-state index >= 15 is 0 Å². The number of benzene rings is 1. The zero-order valence-electron chi connectivity index (χ0n) is 9.23. The van der Waals surface area contributed by atoms with Crippen LogP contribution in [0.25, 0.3) is 0 Å². The maximum Gasteiger partial charge on any atom is 0.297 e. The molecule has 0 fully saturated rings. The van der Waals surface area contributed by atoms with Crippen molar-refractivity contribution in [1.29, 1.82) is 0 Å². The second-order valence-corrected chi connectivity index (χ2v) is 5.08. The molecule has 0 heterocycles. The van der Waals surface area contributed by atoms with Crippen LogP contribution in [0.4, 0.5) is 0 Å². The summed E-state index contributed by atoms with van der Waals surface area (Å²) in [4.78, 5) is 0.255. The Balaban J connectivity index is 3.02. The summed E-state index contributed by atoms with van der Waals surface area (Å²) in [5.41, 5.74) is 0.709. The summed E-state index contributed by atoms with van der Waals surface area (Å²) in [7, 11) is -3.60.